The van der Waals surface area contributed by atoms with Gasteiger partial charge >= 0.3 is 35.8 Å². The molecule has 0 aromatic heterocycles. The van der Waals surface area contributed by atoms with Crippen LogP contribution in [0.4, 0.5) is 0 Å². The minimum absolute atomic E-state index is 0. The largest absolute Gasteiger partial charge is 2.00 e. The third kappa shape index (κ3) is 72.1. The molecule has 0 N–H and O–H groups in total. The summed E-state index contributed by atoms with van der Waals surface area (Å²) >= 11 is 0. The monoisotopic (exact) mass is 856 g/mol. The van der Waals surface area contributed by atoms with Crippen LogP contribution in [0.1, 0.15) is 207 Å². The molecule has 4 radical (unpaired) electrons. The zero-order valence-electron chi connectivity index (χ0n) is 34.7. The van der Waals surface area contributed by atoms with Gasteiger partial charge in [0.05, 0.1) is 25.2 Å². The molecule has 0 saturated heterocycles. The van der Waals surface area contributed by atoms with Crippen molar-refractivity contribution in [1.82, 2.24) is 0 Å². The second-order valence-electron chi connectivity index (χ2n) is 13.1. The second-order valence-corrected chi connectivity index (χ2v) is 13.1. The van der Waals surface area contributed by atoms with Crippen LogP contribution in [0.2, 0.25) is 0 Å². The number of esters is 2. The fourth-order valence-electron chi connectivity index (χ4n) is 4.75. The molecule has 0 heterocycles. The van der Waals surface area contributed by atoms with Gasteiger partial charge in [-0.3, -0.25) is 0 Å². The zero-order valence-corrected chi connectivity index (χ0v) is 37.6. The molecule has 0 atom stereocenters. The van der Waals surface area contributed by atoms with Crippen LogP contribution in [0.25, 0.3) is 0 Å². The molecule has 0 aromatic carbocycles. The summed E-state index contributed by atoms with van der Waals surface area (Å²) in [4.78, 5) is 42.0. The average Bonchev–Trinajstić information content (AvgIpc) is 3.13. The predicted octanol–water partition coefficient (Wildman–Crippen LogP) is 9.93. The fourth-order valence-corrected chi connectivity index (χ4v) is 4.75. The number of carbonyl (C=O) groups excluding carboxylic acids is 4. The number of rotatable bonds is 32. The van der Waals surface area contributed by atoms with E-state index in [2.05, 4.69) is 41.5 Å². The number of carbonyl (C=O) groups is 4. The number of hydrogen-bond acceptors (Lipinski definition) is 8. The van der Waals surface area contributed by atoms with Crippen LogP contribution in [0.3, 0.4) is 0 Å². The molecule has 0 unspecified atom stereocenters. The van der Waals surface area contributed by atoms with Crippen LogP contribution in [-0.2, 0) is 28.7 Å². The van der Waals surface area contributed by atoms with E-state index in [1.807, 2.05) is 0 Å². The number of carboxylic acids is 2. The molecule has 0 bridgehead atoms. The van der Waals surface area contributed by atoms with Gasteiger partial charge < -0.3 is 29.3 Å². The van der Waals surface area contributed by atoms with Crippen molar-refractivity contribution < 1.29 is 38.9 Å². The number of carboxylic acid groups (broad SMARTS) is 2. The summed E-state index contributed by atoms with van der Waals surface area (Å²) in [6.07, 6.45) is 37.9. The first-order valence-corrected chi connectivity index (χ1v) is 20.9. The summed E-state index contributed by atoms with van der Waals surface area (Å²) in [7, 11) is 0. The van der Waals surface area contributed by atoms with Crippen molar-refractivity contribution in [3.63, 3.8) is 0 Å². The fraction of sp³-hybridized carbons (Fsp3) is 0.773. The van der Waals surface area contributed by atoms with Crippen molar-refractivity contribution in [2.75, 3.05) is 13.2 Å². The van der Waals surface area contributed by atoms with E-state index in [0.29, 0.717) is 25.4 Å². The molecule has 53 heavy (non-hydrogen) atoms. The van der Waals surface area contributed by atoms with Gasteiger partial charge in [0.25, 0.3) is 0 Å². The Morgan fingerprint density at radius 3 is 0.849 bits per heavy atom. The summed E-state index contributed by atoms with van der Waals surface area (Å²) in [5.74, 6) is -4.03. The smallest absolute Gasteiger partial charge is 0.545 e. The summed E-state index contributed by atoms with van der Waals surface area (Å²) < 4.78 is 9.64. The van der Waals surface area contributed by atoms with Gasteiger partial charge in [0.1, 0.15) is 0 Å². The van der Waals surface area contributed by atoms with E-state index in [1.165, 1.54) is 128 Å². The summed E-state index contributed by atoms with van der Waals surface area (Å²) in [6.45, 7) is 17.1. The van der Waals surface area contributed by atoms with Crippen LogP contribution in [0.15, 0.2) is 24.3 Å². The van der Waals surface area contributed by atoms with Crippen LogP contribution in [-0.4, -0.2) is 61.0 Å². The molecule has 0 aliphatic rings. The van der Waals surface area contributed by atoms with E-state index >= 15 is 0 Å². The molecule has 0 aliphatic carbocycles. The maximum absolute atomic E-state index is 11.0. The maximum atomic E-state index is 11.0. The SMILES string of the molecule is CCCCCCCCCCOC(=O)/C=C\C(=O)[O-].CCCCCCCCCCOC(=O)/C=C\C(=O)[O-].[CH2]CCCCCCC.[CH2]CCCCCCC.[Sn+2]. The molecule has 9 heteroatoms. The Morgan fingerprint density at radius 2 is 0.623 bits per heavy atom. The van der Waals surface area contributed by atoms with Gasteiger partial charge in [-0.1, -0.05) is 208 Å². The van der Waals surface area contributed by atoms with E-state index in [0.717, 1.165) is 63.5 Å². The molecular weight excluding hydrogens is 775 g/mol. The summed E-state index contributed by atoms with van der Waals surface area (Å²) in [5.41, 5.74) is 0. The van der Waals surface area contributed by atoms with Gasteiger partial charge in [0.15, 0.2) is 0 Å². The Labute approximate surface area is 344 Å². The summed E-state index contributed by atoms with van der Waals surface area (Å²) in [5, 5.41) is 20.0. The molecule has 0 amide bonds. The van der Waals surface area contributed by atoms with E-state index in [9.17, 15) is 29.4 Å². The molecule has 0 saturated carbocycles. The standard InChI is InChI=1S/2C14H24O4.2C8H17.Sn/c2*1-2-3-4-5-6-7-8-9-12-18-14(17)11-10-13(15)16;2*1-3-5-7-8-6-4-2;/h2*10-11H,2-9,12H2,1H3,(H,15,16);2*1,3-8H2,2H3;/q;;;;+2/p-2/b2*11-10-;;;. The Bertz CT molecular complexity index is 735. The molecule has 0 aromatic rings. The Balaban J connectivity index is -0.000000205. The molecule has 0 fully saturated rings. The van der Waals surface area contributed by atoms with E-state index in [1.54, 1.807) is 0 Å². The normalized spacial score (nSPS) is 10.2. The van der Waals surface area contributed by atoms with E-state index in [4.69, 9.17) is 9.47 Å². The Kier molecular flexibility index (Phi) is 64.8. The number of ether oxygens (including phenoxy) is 2. The van der Waals surface area contributed by atoms with Crippen LogP contribution in [0, 0.1) is 13.8 Å². The van der Waals surface area contributed by atoms with E-state index in [-0.39, 0.29) is 23.9 Å². The maximum Gasteiger partial charge on any atom is 2.00 e. The van der Waals surface area contributed by atoms with Crippen molar-refractivity contribution in [3.05, 3.63) is 38.2 Å². The minimum atomic E-state index is -1.39. The van der Waals surface area contributed by atoms with E-state index < -0.39 is 23.9 Å². The van der Waals surface area contributed by atoms with Crippen molar-refractivity contribution in [2.45, 2.75) is 207 Å². The van der Waals surface area contributed by atoms with Gasteiger partial charge in [0.2, 0.25) is 0 Å². The van der Waals surface area contributed by atoms with Gasteiger partial charge in [-0.15, -0.1) is 0 Å². The molecule has 0 aliphatic heterocycles. The van der Waals surface area contributed by atoms with Gasteiger partial charge in [-0.25, -0.2) is 9.59 Å². The minimum Gasteiger partial charge on any atom is -0.545 e. The van der Waals surface area contributed by atoms with Gasteiger partial charge in [-0.05, 0) is 25.0 Å². The van der Waals surface area contributed by atoms with Crippen molar-refractivity contribution >= 4 is 47.8 Å². The third-order valence-corrected chi connectivity index (χ3v) is 7.90. The van der Waals surface area contributed by atoms with Gasteiger partial charge in [-0.2, -0.15) is 0 Å². The zero-order chi connectivity index (χ0) is 39.8. The predicted molar refractivity (Wildman–Crippen MR) is 219 cm³/mol. The topological polar surface area (TPSA) is 133 Å². The van der Waals surface area contributed by atoms with Gasteiger partial charge in [0, 0.05) is 12.2 Å². The first-order chi connectivity index (χ1) is 25.2. The number of hydrogen-bond donors (Lipinski definition) is 0. The third-order valence-electron chi connectivity index (χ3n) is 7.90. The van der Waals surface area contributed by atoms with Crippen LogP contribution >= 0.6 is 0 Å². The Hall–Kier alpha value is -1.84. The molecular formula is C44H80O8Sn. The average molecular weight is 856 g/mol. The van der Waals surface area contributed by atoms with Crippen LogP contribution in [0.5, 0.6) is 0 Å². The van der Waals surface area contributed by atoms with Crippen LogP contribution < -0.4 is 10.2 Å². The van der Waals surface area contributed by atoms with Crippen molar-refractivity contribution in [2.24, 2.45) is 0 Å². The van der Waals surface area contributed by atoms with Crippen molar-refractivity contribution in [1.29, 1.82) is 0 Å². The molecule has 308 valence electrons. The first-order valence-electron chi connectivity index (χ1n) is 20.9. The van der Waals surface area contributed by atoms with Crippen molar-refractivity contribution in [3.8, 4) is 0 Å². The first kappa shape index (κ1) is 60.4. The molecule has 8 nitrogen and oxygen atoms in total. The summed E-state index contributed by atoms with van der Waals surface area (Å²) in [6, 6.07) is 0. The molecule has 0 rings (SSSR count). The molecule has 0 spiro atoms. The Morgan fingerprint density at radius 1 is 0.396 bits per heavy atom. The quantitative estimate of drug-likeness (QED) is 0.0283. The number of aliphatic carboxylic acids is 2. The number of unbranched alkanes of at least 4 members (excludes halogenated alkanes) is 24. The second kappa shape index (κ2) is 56.9.